The van der Waals surface area contributed by atoms with E-state index in [1.54, 1.807) is 6.20 Å². The van der Waals surface area contributed by atoms with E-state index in [0.29, 0.717) is 6.79 Å². The fourth-order valence-corrected chi connectivity index (χ4v) is 2.67. The summed E-state index contributed by atoms with van der Waals surface area (Å²) in [5.41, 5.74) is 4.59. The van der Waals surface area contributed by atoms with Crippen LogP contribution < -0.4 is 14.8 Å². The van der Waals surface area contributed by atoms with Crippen molar-refractivity contribution in [1.82, 2.24) is 15.5 Å². The summed E-state index contributed by atoms with van der Waals surface area (Å²) in [6.07, 6.45) is 1.76. The van der Waals surface area contributed by atoms with E-state index in [1.807, 2.05) is 18.2 Å². The molecule has 0 radical (unpaired) electrons. The molecule has 0 aliphatic carbocycles. The van der Waals surface area contributed by atoms with E-state index in [-0.39, 0.29) is 0 Å². The second-order valence-corrected chi connectivity index (χ2v) is 5.46. The van der Waals surface area contributed by atoms with Crippen LogP contribution in [0.15, 0.2) is 54.7 Å². The first kappa shape index (κ1) is 13.8. The molecular weight excluding hydrogens is 290 g/mol. The van der Waals surface area contributed by atoms with E-state index >= 15 is 0 Å². The molecule has 0 saturated heterocycles. The van der Waals surface area contributed by atoms with Gasteiger partial charge in [-0.2, -0.15) is 5.10 Å². The molecule has 1 aliphatic heterocycles. The Morgan fingerprint density at radius 3 is 2.70 bits per heavy atom. The number of hydrogen-bond donors (Lipinski definition) is 2. The van der Waals surface area contributed by atoms with E-state index in [2.05, 4.69) is 45.8 Å². The number of ether oxygens (including phenoxy) is 2. The molecular formula is C18H17N3O2. The molecule has 0 atom stereocenters. The Hall–Kier alpha value is -2.79. The van der Waals surface area contributed by atoms with Gasteiger partial charge in [0.15, 0.2) is 11.5 Å². The molecule has 1 aliphatic rings. The monoisotopic (exact) mass is 307 g/mol. The van der Waals surface area contributed by atoms with Crippen molar-refractivity contribution in [2.75, 3.05) is 6.79 Å². The second kappa shape index (κ2) is 6.14. The molecule has 0 spiro atoms. The third kappa shape index (κ3) is 3.05. The van der Waals surface area contributed by atoms with E-state index in [9.17, 15) is 0 Å². The minimum absolute atomic E-state index is 0.312. The van der Waals surface area contributed by atoms with Crippen LogP contribution in [0.5, 0.6) is 11.5 Å². The van der Waals surface area contributed by atoms with Crippen LogP contribution in [0.2, 0.25) is 0 Å². The van der Waals surface area contributed by atoms with Crippen molar-refractivity contribution in [3.05, 3.63) is 65.9 Å². The first-order valence-corrected chi connectivity index (χ1v) is 7.56. The number of nitrogens with zero attached hydrogens (tertiary/aromatic N) is 1. The molecule has 5 nitrogen and oxygen atoms in total. The van der Waals surface area contributed by atoms with Crippen molar-refractivity contribution in [3.63, 3.8) is 0 Å². The smallest absolute Gasteiger partial charge is 0.231 e. The number of aromatic amines is 1. The first-order valence-electron chi connectivity index (χ1n) is 7.56. The number of fused-ring (bicyclic) bond motifs is 1. The molecule has 0 amide bonds. The van der Waals surface area contributed by atoms with Crippen molar-refractivity contribution in [2.45, 2.75) is 13.1 Å². The van der Waals surface area contributed by atoms with Crippen molar-refractivity contribution < 1.29 is 9.47 Å². The first-order chi connectivity index (χ1) is 11.4. The van der Waals surface area contributed by atoms with Gasteiger partial charge in [0.25, 0.3) is 0 Å². The second-order valence-electron chi connectivity index (χ2n) is 5.46. The lowest BCUT2D eigenvalue weighted by molar-refractivity contribution is 0.174. The highest BCUT2D eigenvalue weighted by Gasteiger charge is 2.12. The highest BCUT2D eigenvalue weighted by atomic mass is 16.7. The van der Waals surface area contributed by atoms with Crippen molar-refractivity contribution in [1.29, 1.82) is 0 Å². The summed E-state index contributed by atoms with van der Waals surface area (Å²) in [6.45, 7) is 1.90. The molecule has 0 unspecified atom stereocenters. The predicted octanol–water partition coefficient (Wildman–Crippen LogP) is 3.10. The fourth-order valence-electron chi connectivity index (χ4n) is 2.67. The van der Waals surface area contributed by atoms with Gasteiger partial charge < -0.3 is 14.8 Å². The van der Waals surface area contributed by atoms with E-state index in [0.717, 1.165) is 35.8 Å². The molecule has 23 heavy (non-hydrogen) atoms. The summed E-state index contributed by atoms with van der Waals surface area (Å²) in [5.74, 6) is 1.64. The van der Waals surface area contributed by atoms with Gasteiger partial charge in [-0.3, -0.25) is 5.10 Å². The summed E-state index contributed by atoms with van der Waals surface area (Å²) >= 11 is 0. The SMILES string of the molecule is c1cc(CNCc2ccc3c(c2)OCO3)cc(-c2ccn[nH]2)c1. The largest absolute Gasteiger partial charge is 0.454 e. The van der Waals surface area contributed by atoms with Crippen LogP contribution in [0.4, 0.5) is 0 Å². The lowest BCUT2D eigenvalue weighted by Crippen LogP contribution is -2.12. The third-order valence-corrected chi connectivity index (χ3v) is 3.83. The summed E-state index contributed by atoms with van der Waals surface area (Å²) in [4.78, 5) is 0. The molecule has 2 aromatic carbocycles. The van der Waals surface area contributed by atoms with Crippen molar-refractivity contribution in [2.24, 2.45) is 0 Å². The topological polar surface area (TPSA) is 59.2 Å². The Bertz CT molecular complexity index is 800. The van der Waals surface area contributed by atoms with Gasteiger partial charge in [0.1, 0.15) is 0 Å². The summed E-state index contributed by atoms with van der Waals surface area (Å²) in [5, 5.41) is 10.4. The third-order valence-electron chi connectivity index (χ3n) is 3.83. The van der Waals surface area contributed by atoms with Gasteiger partial charge in [-0.05, 0) is 41.0 Å². The van der Waals surface area contributed by atoms with Gasteiger partial charge in [-0.15, -0.1) is 0 Å². The van der Waals surface area contributed by atoms with Crippen LogP contribution in [0.3, 0.4) is 0 Å². The highest BCUT2D eigenvalue weighted by Crippen LogP contribution is 2.32. The maximum atomic E-state index is 5.40. The van der Waals surface area contributed by atoms with Crippen LogP contribution >= 0.6 is 0 Å². The van der Waals surface area contributed by atoms with Gasteiger partial charge in [0, 0.05) is 19.3 Å². The van der Waals surface area contributed by atoms with Crippen molar-refractivity contribution in [3.8, 4) is 22.8 Å². The zero-order valence-corrected chi connectivity index (χ0v) is 12.6. The Balaban J connectivity index is 1.39. The van der Waals surface area contributed by atoms with Crippen LogP contribution in [0.1, 0.15) is 11.1 Å². The molecule has 2 heterocycles. The van der Waals surface area contributed by atoms with Crippen LogP contribution in [0.25, 0.3) is 11.3 Å². The molecule has 0 fully saturated rings. The van der Waals surface area contributed by atoms with Gasteiger partial charge in [-0.1, -0.05) is 24.3 Å². The maximum absolute atomic E-state index is 5.40. The lowest BCUT2D eigenvalue weighted by Gasteiger charge is -2.07. The van der Waals surface area contributed by atoms with E-state index < -0.39 is 0 Å². The zero-order chi connectivity index (χ0) is 15.5. The molecule has 0 bridgehead atoms. The van der Waals surface area contributed by atoms with Crippen LogP contribution in [-0.4, -0.2) is 17.0 Å². The van der Waals surface area contributed by atoms with Gasteiger partial charge in [-0.25, -0.2) is 0 Å². The maximum Gasteiger partial charge on any atom is 0.231 e. The minimum Gasteiger partial charge on any atom is -0.454 e. The number of benzene rings is 2. The Kier molecular flexibility index (Phi) is 3.70. The molecule has 116 valence electrons. The highest BCUT2D eigenvalue weighted by molar-refractivity contribution is 5.59. The molecule has 4 rings (SSSR count). The number of rotatable bonds is 5. The standard InChI is InChI=1S/C18H17N3O2/c1-2-13(8-15(3-1)16-6-7-20-21-16)10-19-11-14-4-5-17-18(9-14)23-12-22-17/h1-9,19H,10-12H2,(H,20,21). The number of H-pyrrole nitrogens is 1. The Labute approximate surface area is 134 Å². The number of hydrogen-bond acceptors (Lipinski definition) is 4. The van der Waals surface area contributed by atoms with Crippen LogP contribution in [-0.2, 0) is 13.1 Å². The quantitative estimate of drug-likeness (QED) is 0.760. The van der Waals surface area contributed by atoms with Crippen molar-refractivity contribution >= 4 is 0 Å². The lowest BCUT2D eigenvalue weighted by atomic mass is 10.1. The zero-order valence-electron chi connectivity index (χ0n) is 12.6. The molecule has 1 aromatic heterocycles. The summed E-state index contributed by atoms with van der Waals surface area (Å²) < 4.78 is 10.7. The molecule has 2 N–H and O–H groups in total. The van der Waals surface area contributed by atoms with E-state index in [1.165, 1.54) is 11.1 Å². The van der Waals surface area contributed by atoms with Crippen LogP contribution in [0, 0.1) is 0 Å². The molecule has 3 aromatic rings. The Morgan fingerprint density at radius 2 is 1.83 bits per heavy atom. The normalized spacial score (nSPS) is 12.5. The minimum atomic E-state index is 0.312. The number of nitrogens with one attached hydrogen (secondary N) is 2. The fraction of sp³-hybridized carbons (Fsp3) is 0.167. The average molecular weight is 307 g/mol. The predicted molar refractivity (Wildman–Crippen MR) is 87.1 cm³/mol. The summed E-state index contributed by atoms with van der Waals surface area (Å²) in [6, 6.07) is 16.4. The van der Waals surface area contributed by atoms with Gasteiger partial charge >= 0.3 is 0 Å². The Morgan fingerprint density at radius 1 is 0.957 bits per heavy atom. The van der Waals surface area contributed by atoms with E-state index in [4.69, 9.17) is 9.47 Å². The number of aromatic nitrogens is 2. The molecule has 0 saturated carbocycles. The molecule has 5 heteroatoms. The average Bonchev–Trinajstić information content (AvgIpc) is 3.26. The summed E-state index contributed by atoms with van der Waals surface area (Å²) in [7, 11) is 0. The van der Waals surface area contributed by atoms with Gasteiger partial charge in [0.2, 0.25) is 6.79 Å². The van der Waals surface area contributed by atoms with Gasteiger partial charge in [0.05, 0.1) is 5.69 Å².